The SMILES string of the molecule is CCOC(CC)C(NC)c1ccc2c(c1)CCO2. The first-order valence-corrected chi connectivity index (χ1v) is 6.84. The molecule has 2 atom stereocenters. The Morgan fingerprint density at radius 1 is 1.39 bits per heavy atom. The first kappa shape index (κ1) is 13.4. The van der Waals surface area contributed by atoms with Crippen LogP contribution in [-0.2, 0) is 11.2 Å². The quantitative estimate of drug-likeness (QED) is 0.841. The summed E-state index contributed by atoms with van der Waals surface area (Å²) in [5, 5.41) is 3.38. The summed E-state index contributed by atoms with van der Waals surface area (Å²) < 4.78 is 11.4. The van der Waals surface area contributed by atoms with Crippen molar-refractivity contribution in [1.82, 2.24) is 5.32 Å². The van der Waals surface area contributed by atoms with Gasteiger partial charge >= 0.3 is 0 Å². The van der Waals surface area contributed by atoms with Crippen LogP contribution >= 0.6 is 0 Å². The molecular formula is C15H23NO2. The van der Waals surface area contributed by atoms with Crippen LogP contribution in [0.1, 0.15) is 37.4 Å². The van der Waals surface area contributed by atoms with Crippen molar-refractivity contribution in [3.05, 3.63) is 29.3 Å². The van der Waals surface area contributed by atoms with Crippen LogP contribution in [0.15, 0.2) is 18.2 Å². The lowest BCUT2D eigenvalue weighted by Gasteiger charge is -2.26. The molecule has 100 valence electrons. The minimum Gasteiger partial charge on any atom is -0.493 e. The van der Waals surface area contributed by atoms with Gasteiger partial charge in [-0.3, -0.25) is 0 Å². The Hall–Kier alpha value is -1.06. The second-order valence-corrected chi connectivity index (χ2v) is 4.63. The van der Waals surface area contributed by atoms with Crippen LogP contribution in [0.5, 0.6) is 5.75 Å². The molecule has 2 unspecified atom stereocenters. The molecule has 3 nitrogen and oxygen atoms in total. The van der Waals surface area contributed by atoms with Gasteiger partial charge in [0.25, 0.3) is 0 Å². The van der Waals surface area contributed by atoms with Crippen LogP contribution in [0.4, 0.5) is 0 Å². The molecule has 0 aromatic heterocycles. The Morgan fingerprint density at radius 2 is 2.22 bits per heavy atom. The zero-order valence-electron chi connectivity index (χ0n) is 11.5. The normalized spacial score (nSPS) is 17.1. The van der Waals surface area contributed by atoms with Gasteiger partial charge in [0.1, 0.15) is 5.75 Å². The van der Waals surface area contributed by atoms with Crippen LogP contribution in [0.3, 0.4) is 0 Å². The summed E-state index contributed by atoms with van der Waals surface area (Å²) in [5.41, 5.74) is 2.61. The molecule has 1 N–H and O–H groups in total. The molecule has 1 aliphatic rings. The smallest absolute Gasteiger partial charge is 0.122 e. The number of nitrogens with one attached hydrogen (secondary N) is 1. The van der Waals surface area contributed by atoms with E-state index in [0.717, 1.165) is 31.8 Å². The number of hydrogen-bond donors (Lipinski definition) is 1. The summed E-state index contributed by atoms with van der Waals surface area (Å²) in [6.45, 7) is 5.78. The fourth-order valence-corrected chi connectivity index (χ4v) is 2.63. The van der Waals surface area contributed by atoms with Gasteiger partial charge in [-0.25, -0.2) is 0 Å². The average molecular weight is 249 g/mol. The van der Waals surface area contributed by atoms with E-state index in [1.165, 1.54) is 11.1 Å². The molecule has 1 heterocycles. The second kappa shape index (κ2) is 6.21. The van der Waals surface area contributed by atoms with Crippen LogP contribution in [-0.4, -0.2) is 26.4 Å². The summed E-state index contributed by atoms with van der Waals surface area (Å²) in [7, 11) is 2.00. The van der Waals surface area contributed by atoms with Gasteiger partial charge in [0, 0.05) is 13.0 Å². The molecular weight excluding hydrogens is 226 g/mol. The lowest BCUT2D eigenvalue weighted by molar-refractivity contribution is 0.0334. The molecule has 3 heteroatoms. The Morgan fingerprint density at radius 3 is 2.89 bits per heavy atom. The Labute approximate surface area is 109 Å². The number of hydrogen-bond acceptors (Lipinski definition) is 3. The van der Waals surface area contributed by atoms with Gasteiger partial charge in [0.05, 0.1) is 18.8 Å². The summed E-state index contributed by atoms with van der Waals surface area (Å²) >= 11 is 0. The van der Waals surface area contributed by atoms with E-state index in [1.54, 1.807) is 0 Å². The molecule has 2 rings (SSSR count). The molecule has 0 aliphatic carbocycles. The van der Waals surface area contributed by atoms with Crippen molar-refractivity contribution >= 4 is 0 Å². The number of likely N-dealkylation sites (N-methyl/N-ethyl adjacent to an activating group) is 1. The van der Waals surface area contributed by atoms with Crippen LogP contribution in [0, 0.1) is 0 Å². The predicted octanol–water partition coefficient (Wildman–Crippen LogP) is 2.70. The number of benzene rings is 1. The molecule has 18 heavy (non-hydrogen) atoms. The molecule has 0 saturated heterocycles. The Kier molecular flexibility index (Phi) is 4.61. The van der Waals surface area contributed by atoms with E-state index in [9.17, 15) is 0 Å². The van der Waals surface area contributed by atoms with Crippen molar-refractivity contribution < 1.29 is 9.47 Å². The third-order valence-corrected chi connectivity index (χ3v) is 3.54. The van der Waals surface area contributed by atoms with Gasteiger partial charge < -0.3 is 14.8 Å². The minimum atomic E-state index is 0.223. The molecule has 0 spiro atoms. The van der Waals surface area contributed by atoms with E-state index in [1.807, 2.05) is 14.0 Å². The molecule has 0 fully saturated rings. The zero-order chi connectivity index (χ0) is 13.0. The van der Waals surface area contributed by atoms with Crippen molar-refractivity contribution in [3.63, 3.8) is 0 Å². The fourth-order valence-electron chi connectivity index (χ4n) is 2.63. The molecule has 1 aromatic carbocycles. The van der Waals surface area contributed by atoms with E-state index in [0.29, 0.717) is 0 Å². The maximum Gasteiger partial charge on any atom is 0.122 e. The van der Waals surface area contributed by atoms with E-state index in [-0.39, 0.29) is 12.1 Å². The summed E-state index contributed by atoms with van der Waals surface area (Å²) in [5.74, 6) is 1.04. The highest BCUT2D eigenvalue weighted by molar-refractivity contribution is 5.41. The van der Waals surface area contributed by atoms with E-state index in [2.05, 4.69) is 30.4 Å². The monoisotopic (exact) mass is 249 g/mol. The first-order valence-electron chi connectivity index (χ1n) is 6.84. The minimum absolute atomic E-state index is 0.223. The summed E-state index contributed by atoms with van der Waals surface area (Å²) in [6, 6.07) is 6.74. The van der Waals surface area contributed by atoms with E-state index in [4.69, 9.17) is 9.47 Å². The van der Waals surface area contributed by atoms with Gasteiger partial charge in [-0.05, 0) is 37.6 Å². The molecule has 0 radical (unpaired) electrons. The third kappa shape index (κ3) is 2.68. The number of fused-ring (bicyclic) bond motifs is 1. The van der Waals surface area contributed by atoms with Gasteiger partial charge in [-0.2, -0.15) is 0 Å². The molecule has 0 saturated carbocycles. The number of ether oxygens (including phenoxy) is 2. The van der Waals surface area contributed by atoms with Crippen molar-refractivity contribution in [3.8, 4) is 5.75 Å². The average Bonchev–Trinajstić information content (AvgIpc) is 2.86. The molecule has 0 amide bonds. The van der Waals surface area contributed by atoms with E-state index < -0.39 is 0 Å². The maximum atomic E-state index is 5.82. The largest absolute Gasteiger partial charge is 0.493 e. The highest BCUT2D eigenvalue weighted by atomic mass is 16.5. The number of rotatable bonds is 6. The van der Waals surface area contributed by atoms with Gasteiger partial charge in [-0.1, -0.05) is 19.1 Å². The maximum absolute atomic E-state index is 5.82. The summed E-state index contributed by atoms with van der Waals surface area (Å²) in [6.07, 6.45) is 2.25. The Balaban J connectivity index is 2.21. The highest BCUT2D eigenvalue weighted by Crippen LogP contribution is 2.30. The predicted molar refractivity (Wildman–Crippen MR) is 73.1 cm³/mol. The van der Waals surface area contributed by atoms with Crippen LogP contribution < -0.4 is 10.1 Å². The molecule has 1 aromatic rings. The van der Waals surface area contributed by atoms with Crippen molar-refractivity contribution in [1.29, 1.82) is 0 Å². The van der Waals surface area contributed by atoms with Gasteiger partial charge in [-0.15, -0.1) is 0 Å². The summed E-state index contributed by atoms with van der Waals surface area (Å²) in [4.78, 5) is 0. The topological polar surface area (TPSA) is 30.5 Å². The second-order valence-electron chi connectivity index (χ2n) is 4.63. The lowest BCUT2D eigenvalue weighted by atomic mass is 9.97. The highest BCUT2D eigenvalue weighted by Gasteiger charge is 2.22. The van der Waals surface area contributed by atoms with Crippen molar-refractivity contribution in [2.24, 2.45) is 0 Å². The van der Waals surface area contributed by atoms with Gasteiger partial charge in [0.15, 0.2) is 0 Å². The standard InChI is InChI=1S/C15H23NO2/c1-4-13(17-5-2)15(16-3)12-6-7-14-11(10-12)8-9-18-14/h6-7,10,13,15-16H,4-5,8-9H2,1-3H3. The fraction of sp³-hybridized carbons (Fsp3) is 0.600. The van der Waals surface area contributed by atoms with Gasteiger partial charge in [0.2, 0.25) is 0 Å². The molecule has 1 aliphatic heterocycles. The van der Waals surface area contributed by atoms with Crippen molar-refractivity contribution in [2.45, 2.75) is 38.8 Å². The van der Waals surface area contributed by atoms with Crippen LogP contribution in [0.2, 0.25) is 0 Å². The lowest BCUT2D eigenvalue weighted by Crippen LogP contribution is -2.31. The molecule has 0 bridgehead atoms. The first-order chi connectivity index (χ1) is 8.80. The van der Waals surface area contributed by atoms with Crippen LogP contribution in [0.25, 0.3) is 0 Å². The third-order valence-electron chi connectivity index (χ3n) is 3.54. The van der Waals surface area contributed by atoms with E-state index >= 15 is 0 Å². The Bertz CT molecular complexity index is 392. The zero-order valence-corrected chi connectivity index (χ0v) is 11.5. The van der Waals surface area contributed by atoms with Crippen molar-refractivity contribution in [2.75, 3.05) is 20.3 Å².